The van der Waals surface area contributed by atoms with Gasteiger partial charge in [0.15, 0.2) is 0 Å². The molecule has 4 aromatic rings. The van der Waals surface area contributed by atoms with Crippen LogP contribution in [0.25, 0.3) is 21.9 Å². The highest BCUT2D eigenvalue weighted by Gasteiger charge is 2.55. The summed E-state index contributed by atoms with van der Waals surface area (Å²) in [6.45, 7) is 2.19. The van der Waals surface area contributed by atoms with Crippen molar-refractivity contribution in [2.75, 3.05) is 0 Å². The first-order valence-electron chi connectivity index (χ1n) is 16.9. The largest absolute Gasteiger partial charge is 0.489 e. The maximum Gasteiger partial charge on any atom is 0.336 e. The van der Waals surface area contributed by atoms with E-state index >= 15 is 0 Å². The van der Waals surface area contributed by atoms with Crippen LogP contribution in [-0.4, -0.2) is 38.6 Å². The van der Waals surface area contributed by atoms with Crippen LogP contribution < -0.4 is 4.74 Å². The van der Waals surface area contributed by atoms with Crippen molar-refractivity contribution in [1.82, 2.24) is 0 Å². The number of aryl methyl sites for hydroxylation is 1. The van der Waals surface area contributed by atoms with Crippen LogP contribution in [-0.2, 0) is 24.4 Å². The van der Waals surface area contributed by atoms with Gasteiger partial charge in [-0.3, -0.25) is 0 Å². The molecule has 6 nitrogen and oxygen atoms in total. The Bertz CT molecular complexity index is 1660. The Hall–Kier alpha value is -3.71. The molecule has 46 heavy (non-hydrogen) atoms. The van der Waals surface area contributed by atoms with Crippen LogP contribution in [0, 0.1) is 0 Å². The van der Waals surface area contributed by atoms with Gasteiger partial charge in [-0.05, 0) is 103 Å². The smallest absolute Gasteiger partial charge is 0.336 e. The number of ether oxygens (including phenoxy) is 2. The highest BCUT2D eigenvalue weighted by Crippen LogP contribution is 2.51. The van der Waals surface area contributed by atoms with Crippen LogP contribution in [0.5, 0.6) is 5.75 Å². The summed E-state index contributed by atoms with van der Waals surface area (Å²) < 4.78 is 12.8. The lowest BCUT2D eigenvalue weighted by molar-refractivity contribution is -0.202. The summed E-state index contributed by atoms with van der Waals surface area (Å²) in [5.74, 6) is -0.439. The second kappa shape index (κ2) is 14.0. The highest BCUT2D eigenvalue weighted by atomic mass is 16.5. The second-order valence-electron chi connectivity index (χ2n) is 13.3. The van der Waals surface area contributed by atoms with Gasteiger partial charge in [0, 0.05) is 5.56 Å². The molecule has 3 atom stereocenters. The highest BCUT2D eigenvalue weighted by molar-refractivity contribution is 6.05. The Kier molecular flexibility index (Phi) is 9.78. The van der Waals surface area contributed by atoms with E-state index in [4.69, 9.17) is 9.47 Å². The molecule has 2 fully saturated rings. The predicted octanol–water partition coefficient (Wildman–Crippen LogP) is 8.62. The van der Waals surface area contributed by atoms with Crippen molar-refractivity contribution in [2.45, 2.75) is 108 Å². The van der Waals surface area contributed by atoms with E-state index < -0.39 is 17.2 Å². The van der Waals surface area contributed by atoms with E-state index in [-0.39, 0.29) is 12.2 Å². The summed E-state index contributed by atoms with van der Waals surface area (Å²) in [5, 5.41) is 33.9. The number of hydrogen-bond donors (Lipinski definition) is 3. The number of benzene rings is 4. The fraction of sp³-hybridized carbons (Fsp3) is 0.425. The van der Waals surface area contributed by atoms with Crippen LogP contribution >= 0.6 is 0 Å². The van der Waals surface area contributed by atoms with E-state index in [9.17, 15) is 20.1 Å². The van der Waals surface area contributed by atoms with Gasteiger partial charge in [0.1, 0.15) is 12.4 Å². The van der Waals surface area contributed by atoms with Crippen molar-refractivity contribution in [3.63, 3.8) is 0 Å². The van der Waals surface area contributed by atoms with Crippen LogP contribution in [0.3, 0.4) is 0 Å². The van der Waals surface area contributed by atoms with E-state index in [1.54, 1.807) is 6.07 Å². The molecular weight excluding hydrogens is 576 g/mol. The van der Waals surface area contributed by atoms with Crippen LogP contribution in [0.2, 0.25) is 0 Å². The third-order valence-electron chi connectivity index (χ3n) is 10.3. The van der Waals surface area contributed by atoms with Crippen molar-refractivity contribution in [2.24, 2.45) is 0 Å². The first-order chi connectivity index (χ1) is 22.3. The van der Waals surface area contributed by atoms with E-state index in [0.717, 1.165) is 91.7 Å². The second-order valence-corrected chi connectivity index (χ2v) is 13.3. The quantitative estimate of drug-likeness (QED) is 0.122. The molecule has 0 radical (unpaired) electrons. The zero-order valence-corrected chi connectivity index (χ0v) is 26.8. The molecule has 4 aromatic carbocycles. The van der Waals surface area contributed by atoms with Crippen molar-refractivity contribution in [3.05, 3.63) is 101 Å². The van der Waals surface area contributed by atoms with E-state index in [2.05, 4.69) is 19.1 Å². The maximum absolute atomic E-state index is 12.2. The molecule has 2 aliphatic rings. The predicted molar refractivity (Wildman–Crippen MR) is 181 cm³/mol. The molecule has 242 valence electrons. The molecule has 6 heteroatoms. The molecule has 2 saturated heterocycles. The molecule has 6 rings (SSSR count). The Morgan fingerprint density at radius 2 is 1.78 bits per heavy atom. The van der Waals surface area contributed by atoms with E-state index in [0.29, 0.717) is 30.4 Å². The van der Waals surface area contributed by atoms with Crippen molar-refractivity contribution in [1.29, 1.82) is 0 Å². The minimum absolute atomic E-state index is 0.0830. The summed E-state index contributed by atoms with van der Waals surface area (Å²) in [4.78, 5) is 12.2. The number of carboxylic acids is 1. The van der Waals surface area contributed by atoms with Crippen molar-refractivity contribution in [3.8, 4) is 16.9 Å². The molecule has 0 aliphatic carbocycles. The third kappa shape index (κ3) is 6.57. The number of unbranched alkanes of at least 4 members (excludes halogenated alkanes) is 2. The lowest BCUT2D eigenvalue weighted by Crippen LogP contribution is -2.55. The number of aromatic carboxylic acids is 1. The number of carbonyl (C=O) groups is 1. The topological polar surface area (TPSA) is 96.2 Å². The minimum Gasteiger partial charge on any atom is -0.489 e. The van der Waals surface area contributed by atoms with Crippen molar-refractivity contribution >= 4 is 16.7 Å². The Balaban J connectivity index is 1.19. The fourth-order valence-electron chi connectivity index (χ4n) is 7.86. The van der Waals surface area contributed by atoms with Crippen LogP contribution in [0.1, 0.15) is 98.2 Å². The standard InChI is InChI=1S/C40H46O6/c1-2-3-7-19-39(44,40-20-9-14-32(46-40)18-22-40)21-17-28-10-8-11-29(23-28)27-45-33-15-16-34-31(24-33)25-35(38(42)43)36(26-41)37(34)30-12-5-4-6-13-30/h4-6,8,10-13,15-16,23-25,32,41,44H,2-3,7,9,14,17-22,26-27H2,1H3,(H,42,43). The monoisotopic (exact) mass is 622 g/mol. The van der Waals surface area contributed by atoms with Crippen molar-refractivity contribution < 1.29 is 29.6 Å². The number of rotatable bonds is 14. The summed E-state index contributed by atoms with van der Waals surface area (Å²) in [6.07, 6.45) is 11.0. The number of aliphatic hydroxyl groups is 2. The Labute approximate surface area is 272 Å². The third-order valence-corrected chi connectivity index (χ3v) is 10.3. The molecule has 3 N–H and O–H groups in total. The Morgan fingerprint density at radius 3 is 2.57 bits per heavy atom. The average Bonchev–Trinajstić information content (AvgIpc) is 3.40. The number of aliphatic hydroxyl groups excluding tert-OH is 1. The molecule has 2 bridgehead atoms. The van der Waals surface area contributed by atoms with E-state index in [1.165, 1.54) is 5.56 Å². The molecule has 0 aromatic heterocycles. The molecule has 3 unspecified atom stereocenters. The normalized spacial score (nSPS) is 20.5. The van der Waals surface area contributed by atoms with Gasteiger partial charge in [0.2, 0.25) is 0 Å². The molecule has 0 amide bonds. The van der Waals surface area contributed by atoms with E-state index in [1.807, 2.05) is 60.7 Å². The zero-order chi connectivity index (χ0) is 32.1. The van der Waals surface area contributed by atoms with Gasteiger partial charge < -0.3 is 24.8 Å². The first kappa shape index (κ1) is 32.2. The molecule has 0 spiro atoms. The van der Waals surface area contributed by atoms with Gasteiger partial charge in [-0.15, -0.1) is 0 Å². The fourth-order valence-corrected chi connectivity index (χ4v) is 7.86. The first-order valence-corrected chi connectivity index (χ1v) is 16.9. The van der Waals surface area contributed by atoms with Gasteiger partial charge in [0.25, 0.3) is 0 Å². The Morgan fingerprint density at radius 1 is 0.957 bits per heavy atom. The van der Waals surface area contributed by atoms with Gasteiger partial charge in [-0.25, -0.2) is 4.79 Å². The lowest BCUT2D eigenvalue weighted by Gasteiger charge is -2.47. The number of carboxylic acid groups (broad SMARTS) is 1. The molecule has 2 heterocycles. The summed E-state index contributed by atoms with van der Waals surface area (Å²) in [6, 6.07) is 25.3. The van der Waals surface area contributed by atoms with Crippen LogP contribution in [0.15, 0.2) is 78.9 Å². The van der Waals surface area contributed by atoms with Gasteiger partial charge in [0.05, 0.1) is 29.5 Å². The maximum atomic E-state index is 12.2. The van der Waals surface area contributed by atoms with Crippen LogP contribution in [0.4, 0.5) is 0 Å². The van der Waals surface area contributed by atoms with Gasteiger partial charge >= 0.3 is 5.97 Å². The minimum atomic E-state index is -1.08. The lowest BCUT2D eigenvalue weighted by atomic mass is 9.71. The summed E-state index contributed by atoms with van der Waals surface area (Å²) >= 11 is 0. The zero-order valence-electron chi connectivity index (χ0n) is 26.8. The average molecular weight is 623 g/mol. The van der Waals surface area contributed by atoms with Gasteiger partial charge in [-0.2, -0.15) is 0 Å². The molecule has 2 aliphatic heterocycles. The number of fused-ring (bicyclic) bond motifs is 3. The summed E-state index contributed by atoms with van der Waals surface area (Å²) in [7, 11) is 0. The number of hydrogen-bond acceptors (Lipinski definition) is 5. The molecule has 0 saturated carbocycles. The SMILES string of the molecule is CCCCCC(O)(CCc1cccc(COc2ccc3c(-c4ccccc4)c(CO)c(C(=O)O)cc3c2)c1)C12CCCC(CC1)O2. The summed E-state index contributed by atoms with van der Waals surface area (Å²) in [5.41, 5.74) is 3.04. The molecular formula is C40H46O6. The van der Waals surface area contributed by atoms with Gasteiger partial charge in [-0.1, -0.05) is 86.8 Å².